The van der Waals surface area contributed by atoms with E-state index in [1.807, 2.05) is 0 Å². The van der Waals surface area contributed by atoms with E-state index in [4.69, 9.17) is 0 Å². The Morgan fingerprint density at radius 1 is 0.438 bits per heavy atom. The van der Waals surface area contributed by atoms with Crippen molar-refractivity contribution < 1.29 is 0 Å². The lowest BCUT2D eigenvalue weighted by molar-refractivity contribution is 0.196. The average Bonchev–Trinajstić information content (AvgIpc) is 2.78. The molecule has 0 unspecified atom stereocenters. The summed E-state index contributed by atoms with van der Waals surface area (Å²) < 4.78 is 0. The predicted octanol–water partition coefficient (Wildman–Crippen LogP) is 9.69. The SMILES string of the molecule is C1CCC(C2CCCCC2)CC1.Cc1cccc(C)c1C.Cc1cccc(C)c1C.N.N. The molecule has 0 radical (unpaired) electrons. The molecule has 2 nitrogen and oxygen atoms in total. The van der Waals surface area contributed by atoms with Crippen LogP contribution in [-0.4, -0.2) is 0 Å². The second-order valence-electron chi connectivity index (χ2n) is 9.83. The third-order valence-electron chi connectivity index (χ3n) is 7.72. The maximum atomic E-state index is 2.16. The first-order chi connectivity index (χ1) is 14.4. The molecule has 0 heterocycles. The monoisotopic (exact) mass is 440 g/mol. The maximum Gasteiger partial charge on any atom is -0.0386 e. The summed E-state index contributed by atoms with van der Waals surface area (Å²) in [7, 11) is 0. The minimum Gasteiger partial charge on any atom is -0.344 e. The number of hydrogen-bond donors (Lipinski definition) is 2. The Morgan fingerprint density at radius 2 is 0.688 bits per heavy atom. The fourth-order valence-electron chi connectivity index (χ4n) is 5.01. The summed E-state index contributed by atoms with van der Waals surface area (Å²) >= 11 is 0. The van der Waals surface area contributed by atoms with Gasteiger partial charge < -0.3 is 12.3 Å². The molecule has 4 rings (SSSR count). The van der Waals surface area contributed by atoms with E-state index >= 15 is 0 Å². The fraction of sp³-hybridized carbons (Fsp3) is 0.600. The third kappa shape index (κ3) is 9.88. The lowest BCUT2D eigenvalue weighted by Crippen LogP contribution is -2.20. The summed E-state index contributed by atoms with van der Waals surface area (Å²) in [6.45, 7) is 12.9. The van der Waals surface area contributed by atoms with Gasteiger partial charge in [0.25, 0.3) is 0 Å². The number of hydrogen-bond acceptors (Lipinski definition) is 2. The van der Waals surface area contributed by atoms with Gasteiger partial charge in [0.1, 0.15) is 0 Å². The highest BCUT2D eigenvalue weighted by molar-refractivity contribution is 5.32. The Morgan fingerprint density at radius 3 is 0.906 bits per heavy atom. The Balaban J connectivity index is 0.000000444. The van der Waals surface area contributed by atoms with Gasteiger partial charge in [-0.15, -0.1) is 0 Å². The molecule has 182 valence electrons. The van der Waals surface area contributed by atoms with Crippen molar-refractivity contribution in [3.63, 3.8) is 0 Å². The van der Waals surface area contributed by atoms with Crippen LogP contribution in [-0.2, 0) is 0 Å². The molecule has 6 N–H and O–H groups in total. The molecule has 0 spiro atoms. The Labute approximate surface area is 199 Å². The first-order valence-electron chi connectivity index (χ1n) is 12.5. The Kier molecular flexibility index (Phi) is 15.2. The van der Waals surface area contributed by atoms with Crippen LogP contribution in [0.3, 0.4) is 0 Å². The second-order valence-corrected chi connectivity index (χ2v) is 9.83. The second kappa shape index (κ2) is 16.0. The molecule has 0 saturated heterocycles. The minimum absolute atomic E-state index is 0. The maximum absolute atomic E-state index is 2.16. The number of aryl methyl sites for hydroxylation is 4. The molecular weight excluding hydrogens is 388 g/mol. The van der Waals surface area contributed by atoms with Gasteiger partial charge in [-0.3, -0.25) is 0 Å². The van der Waals surface area contributed by atoms with Crippen molar-refractivity contribution in [2.24, 2.45) is 11.8 Å². The molecule has 2 aromatic carbocycles. The van der Waals surface area contributed by atoms with Crippen LogP contribution in [0.25, 0.3) is 0 Å². The summed E-state index contributed by atoms with van der Waals surface area (Å²) in [4.78, 5) is 0. The quantitative estimate of drug-likeness (QED) is 0.463. The van der Waals surface area contributed by atoms with Gasteiger partial charge in [0.05, 0.1) is 0 Å². The van der Waals surface area contributed by atoms with Gasteiger partial charge in [0, 0.05) is 0 Å². The van der Waals surface area contributed by atoms with E-state index in [1.54, 1.807) is 25.7 Å². The van der Waals surface area contributed by atoms with Crippen molar-refractivity contribution in [3.05, 3.63) is 69.8 Å². The van der Waals surface area contributed by atoms with Crippen molar-refractivity contribution in [1.29, 1.82) is 0 Å². The summed E-state index contributed by atoms with van der Waals surface area (Å²) in [5.74, 6) is 2.28. The zero-order valence-electron chi connectivity index (χ0n) is 22.1. The van der Waals surface area contributed by atoms with Crippen molar-refractivity contribution in [1.82, 2.24) is 12.3 Å². The molecule has 0 amide bonds. The van der Waals surface area contributed by atoms with E-state index in [2.05, 4.69) is 77.9 Å². The van der Waals surface area contributed by atoms with Crippen LogP contribution in [0.2, 0.25) is 0 Å². The van der Waals surface area contributed by atoms with Crippen LogP contribution in [0.4, 0.5) is 0 Å². The molecule has 2 heteroatoms. The highest BCUT2D eigenvalue weighted by Gasteiger charge is 2.24. The molecule has 0 atom stereocenters. The van der Waals surface area contributed by atoms with Gasteiger partial charge >= 0.3 is 0 Å². The van der Waals surface area contributed by atoms with Crippen LogP contribution >= 0.6 is 0 Å². The van der Waals surface area contributed by atoms with Gasteiger partial charge in [-0.2, -0.15) is 0 Å². The average molecular weight is 441 g/mol. The normalized spacial score (nSPS) is 16.3. The first-order valence-corrected chi connectivity index (χ1v) is 12.5. The summed E-state index contributed by atoms with van der Waals surface area (Å²) in [5.41, 5.74) is 8.37. The Hall–Kier alpha value is -1.64. The molecule has 2 aliphatic carbocycles. The van der Waals surface area contributed by atoms with Gasteiger partial charge in [-0.25, -0.2) is 0 Å². The fourth-order valence-corrected chi connectivity index (χ4v) is 5.01. The first kappa shape index (κ1) is 30.4. The lowest BCUT2D eigenvalue weighted by Gasteiger charge is -2.32. The smallest absolute Gasteiger partial charge is 0.0386 e. The van der Waals surface area contributed by atoms with E-state index in [-0.39, 0.29) is 12.3 Å². The molecule has 0 aliphatic heterocycles. The van der Waals surface area contributed by atoms with E-state index in [9.17, 15) is 0 Å². The number of rotatable bonds is 1. The van der Waals surface area contributed by atoms with Gasteiger partial charge in [-0.05, 0) is 86.8 Å². The zero-order valence-corrected chi connectivity index (χ0v) is 22.1. The van der Waals surface area contributed by atoms with Crippen molar-refractivity contribution in [2.45, 2.75) is 106 Å². The van der Waals surface area contributed by atoms with Crippen LogP contribution in [0.15, 0.2) is 36.4 Å². The van der Waals surface area contributed by atoms with Crippen LogP contribution in [0.1, 0.15) is 97.6 Å². The molecule has 2 saturated carbocycles. The molecule has 2 aliphatic rings. The van der Waals surface area contributed by atoms with E-state index in [1.165, 1.54) is 71.9 Å². The van der Waals surface area contributed by atoms with Crippen LogP contribution in [0, 0.1) is 53.4 Å². The largest absolute Gasteiger partial charge is 0.344 e. The van der Waals surface area contributed by atoms with Crippen molar-refractivity contribution in [3.8, 4) is 0 Å². The molecule has 2 fully saturated rings. The minimum atomic E-state index is 0. The summed E-state index contributed by atoms with van der Waals surface area (Å²) in [5, 5.41) is 0. The van der Waals surface area contributed by atoms with Gasteiger partial charge in [0.15, 0.2) is 0 Å². The topological polar surface area (TPSA) is 70.0 Å². The molecule has 0 aromatic heterocycles. The predicted molar refractivity (Wildman–Crippen MR) is 145 cm³/mol. The van der Waals surface area contributed by atoms with Gasteiger partial charge in [-0.1, -0.05) is 101 Å². The van der Waals surface area contributed by atoms with E-state index < -0.39 is 0 Å². The highest BCUT2D eigenvalue weighted by atomic mass is 14.3. The van der Waals surface area contributed by atoms with Gasteiger partial charge in [0.2, 0.25) is 0 Å². The van der Waals surface area contributed by atoms with Crippen molar-refractivity contribution >= 4 is 0 Å². The van der Waals surface area contributed by atoms with Crippen LogP contribution < -0.4 is 12.3 Å². The van der Waals surface area contributed by atoms with Crippen LogP contribution in [0.5, 0.6) is 0 Å². The highest BCUT2D eigenvalue weighted by Crippen LogP contribution is 2.37. The zero-order chi connectivity index (χ0) is 21.9. The lowest BCUT2D eigenvalue weighted by atomic mass is 9.73. The van der Waals surface area contributed by atoms with E-state index in [0.29, 0.717) is 0 Å². The molecule has 32 heavy (non-hydrogen) atoms. The standard InChI is InChI=1S/C12H22.2C9H12.2H3N/c1-3-7-11(8-4-1)12-9-5-2-6-10-12;2*1-7-5-4-6-8(2)9(7)3;;/h11-12H,1-10H2;2*4-6H,1-3H3;2*1H3. The van der Waals surface area contributed by atoms with E-state index in [0.717, 1.165) is 11.8 Å². The van der Waals surface area contributed by atoms with Crippen molar-refractivity contribution in [2.75, 3.05) is 0 Å². The molecule has 2 aromatic rings. The molecular formula is C30H52N2. The third-order valence-corrected chi connectivity index (χ3v) is 7.72. The summed E-state index contributed by atoms with van der Waals surface area (Å²) in [6, 6.07) is 12.8. The number of benzene rings is 2. The Bertz CT molecular complexity index is 647. The summed E-state index contributed by atoms with van der Waals surface area (Å²) in [6.07, 6.45) is 15.4. The molecule has 0 bridgehead atoms.